The van der Waals surface area contributed by atoms with Crippen molar-refractivity contribution in [2.45, 2.75) is 22.9 Å². The standard InChI is InChI=1S/C29H23ClN2O3S/c1-35-23-6-4-5-20(15-23)17-31-28(33)21-11-14-27-25(16-21)32(18-19-9-12-22(30)13-10-19)29(34)24-7-2-3-8-26(24)36-27/h2-16H,17-18H2,1H3,(H,31,33). The maximum absolute atomic E-state index is 13.7. The molecule has 1 heterocycles. The van der Waals surface area contributed by atoms with E-state index in [1.807, 2.05) is 78.9 Å². The van der Waals surface area contributed by atoms with Crippen molar-refractivity contribution in [1.29, 1.82) is 0 Å². The summed E-state index contributed by atoms with van der Waals surface area (Å²) in [7, 11) is 1.61. The summed E-state index contributed by atoms with van der Waals surface area (Å²) in [5.74, 6) is 0.409. The van der Waals surface area contributed by atoms with Gasteiger partial charge in [-0.3, -0.25) is 9.59 Å². The lowest BCUT2D eigenvalue weighted by Gasteiger charge is -2.24. The fourth-order valence-electron chi connectivity index (χ4n) is 4.06. The summed E-state index contributed by atoms with van der Waals surface area (Å²) in [6.45, 7) is 0.716. The Hall–Kier alpha value is -3.74. The van der Waals surface area contributed by atoms with Crippen LogP contribution in [-0.2, 0) is 13.1 Å². The highest BCUT2D eigenvalue weighted by molar-refractivity contribution is 7.99. The predicted octanol–water partition coefficient (Wildman–Crippen LogP) is 6.59. The van der Waals surface area contributed by atoms with Gasteiger partial charge >= 0.3 is 0 Å². The number of carbonyl (C=O) groups excluding carboxylic acids is 2. The van der Waals surface area contributed by atoms with Crippen LogP contribution in [0.5, 0.6) is 5.75 Å². The number of anilines is 1. The number of halogens is 1. The van der Waals surface area contributed by atoms with Gasteiger partial charge in [0.2, 0.25) is 0 Å². The number of nitrogens with one attached hydrogen (secondary N) is 1. The molecule has 7 heteroatoms. The van der Waals surface area contributed by atoms with Crippen LogP contribution in [0.1, 0.15) is 31.8 Å². The molecular weight excluding hydrogens is 492 g/mol. The smallest absolute Gasteiger partial charge is 0.259 e. The molecule has 0 radical (unpaired) electrons. The summed E-state index contributed by atoms with van der Waals surface area (Å²) in [4.78, 5) is 30.3. The molecule has 5 nitrogen and oxygen atoms in total. The van der Waals surface area contributed by atoms with Crippen molar-refractivity contribution in [3.63, 3.8) is 0 Å². The van der Waals surface area contributed by atoms with E-state index in [0.717, 1.165) is 26.7 Å². The predicted molar refractivity (Wildman–Crippen MR) is 143 cm³/mol. The van der Waals surface area contributed by atoms with Gasteiger partial charge in [-0.25, -0.2) is 0 Å². The first-order valence-electron chi connectivity index (χ1n) is 11.4. The lowest BCUT2D eigenvalue weighted by Crippen LogP contribution is -2.31. The molecule has 180 valence electrons. The molecule has 0 saturated carbocycles. The van der Waals surface area contributed by atoms with E-state index in [1.54, 1.807) is 24.1 Å². The van der Waals surface area contributed by atoms with E-state index in [4.69, 9.17) is 16.3 Å². The van der Waals surface area contributed by atoms with Crippen LogP contribution in [0.2, 0.25) is 5.02 Å². The minimum atomic E-state index is -0.216. The SMILES string of the molecule is COc1cccc(CNC(=O)c2ccc3c(c2)N(Cc2ccc(Cl)cc2)C(=O)c2ccccc2S3)c1. The zero-order valence-electron chi connectivity index (χ0n) is 19.5. The van der Waals surface area contributed by atoms with Crippen molar-refractivity contribution in [3.8, 4) is 5.75 Å². The third-order valence-electron chi connectivity index (χ3n) is 5.94. The van der Waals surface area contributed by atoms with Gasteiger partial charge in [-0.1, -0.05) is 59.8 Å². The molecule has 0 saturated heterocycles. The van der Waals surface area contributed by atoms with Gasteiger partial charge in [0.05, 0.1) is 24.9 Å². The summed E-state index contributed by atoms with van der Waals surface area (Å²) >= 11 is 7.60. The van der Waals surface area contributed by atoms with Gasteiger partial charge in [-0.05, 0) is 65.7 Å². The Bertz CT molecular complexity index is 1440. The van der Waals surface area contributed by atoms with E-state index >= 15 is 0 Å². The van der Waals surface area contributed by atoms with E-state index in [9.17, 15) is 9.59 Å². The first-order valence-corrected chi connectivity index (χ1v) is 12.6. The van der Waals surface area contributed by atoms with Gasteiger partial charge in [-0.15, -0.1) is 0 Å². The van der Waals surface area contributed by atoms with Crippen molar-refractivity contribution >= 4 is 40.9 Å². The molecular formula is C29H23ClN2O3S. The Morgan fingerprint density at radius 3 is 2.53 bits per heavy atom. The Morgan fingerprint density at radius 2 is 1.72 bits per heavy atom. The first-order chi connectivity index (χ1) is 17.5. The number of nitrogens with zero attached hydrogens (tertiary/aromatic N) is 1. The van der Waals surface area contributed by atoms with Gasteiger partial charge in [-0.2, -0.15) is 0 Å². The van der Waals surface area contributed by atoms with E-state index in [2.05, 4.69) is 5.32 Å². The summed E-state index contributed by atoms with van der Waals surface area (Å²) in [5.41, 5.74) is 3.69. The second-order valence-corrected chi connectivity index (χ2v) is 9.85. The third-order valence-corrected chi connectivity index (χ3v) is 7.33. The van der Waals surface area contributed by atoms with E-state index in [-0.39, 0.29) is 11.8 Å². The van der Waals surface area contributed by atoms with Gasteiger partial charge in [0.1, 0.15) is 5.75 Å². The lowest BCUT2D eigenvalue weighted by atomic mass is 10.1. The number of hydrogen-bond acceptors (Lipinski definition) is 4. The van der Waals surface area contributed by atoms with Crippen LogP contribution in [0, 0.1) is 0 Å². The Kier molecular flexibility index (Phi) is 6.98. The molecule has 0 bridgehead atoms. The number of rotatable bonds is 6. The van der Waals surface area contributed by atoms with E-state index in [1.165, 1.54) is 11.8 Å². The normalized spacial score (nSPS) is 12.4. The molecule has 5 rings (SSSR count). The van der Waals surface area contributed by atoms with E-state index < -0.39 is 0 Å². The van der Waals surface area contributed by atoms with Crippen LogP contribution in [0.4, 0.5) is 5.69 Å². The summed E-state index contributed by atoms with van der Waals surface area (Å²) < 4.78 is 5.26. The maximum Gasteiger partial charge on any atom is 0.259 e. The van der Waals surface area contributed by atoms with Crippen LogP contribution < -0.4 is 15.0 Å². The molecule has 0 spiro atoms. The molecule has 0 unspecified atom stereocenters. The molecule has 2 amide bonds. The van der Waals surface area contributed by atoms with Crippen molar-refractivity contribution in [2.24, 2.45) is 0 Å². The van der Waals surface area contributed by atoms with Crippen LogP contribution in [0.3, 0.4) is 0 Å². The van der Waals surface area contributed by atoms with Gasteiger partial charge < -0.3 is 15.0 Å². The zero-order valence-corrected chi connectivity index (χ0v) is 21.1. The number of carbonyl (C=O) groups is 2. The van der Waals surface area contributed by atoms with Crippen LogP contribution in [0.15, 0.2) is 101 Å². The number of amides is 2. The van der Waals surface area contributed by atoms with E-state index in [0.29, 0.717) is 34.9 Å². The Labute approximate surface area is 219 Å². The monoisotopic (exact) mass is 514 g/mol. The van der Waals surface area contributed by atoms with Gasteiger partial charge in [0, 0.05) is 26.9 Å². The molecule has 0 atom stereocenters. The van der Waals surface area contributed by atoms with Gasteiger partial charge in [0.25, 0.3) is 11.8 Å². The Balaban J connectivity index is 1.47. The number of hydrogen-bond donors (Lipinski definition) is 1. The minimum absolute atomic E-state index is 0.110. The van der Waals surface area contributed by atoms with Crippen molar-refractivity contribution in [3.05, 3.63) is 118 Å². The average Bonchev–Trinajstić information content (AvgIpc) is 3.02. The minimum Gasteiger partial charge on any atom is -0.497 e. The molecule has 4 aromatic carbocycles. The highest BCUT2D eigenvalue weighted by Crippen LogP contribution is 2.42. The molecule has 1 aliphatic rings. The first kappa shape index (κ1) is 24.0. The fraction of sp³-hybridized carbons (Fsp3) is 0.103. The van der Waals surface area contributed by atoms with Crippen LogP contribution >= 0.6 is 23.4 Å². The largest absolute Gasteiger partial charge is 0.497 e. The van der Waals surface area contributed by atoms with Gasteiger partial charge in [0.15, 0.2) is 0 Å². The third kappa shape index (κ3) is 5.10. The summed E-state index contributed by atoms with van der Waals surface area (Å²) in [6, 6.07) is 28.1. The second kappa shape index (κ2) is 10.5. The van der Waals surface area contributed by atoms with Crippen molar-refractivity contribution in [1.82, 2.24) is 5.32 Å². The highest BCUT2D eigenvalue weighted by Gasteiger charge is 2.28. The lowest BCUT2D eigenvalue weighted by molar-refractivity contribution is 0.0947. The molecule has 0 aliphatic carbocycles. The number of methoxy groups -OCH3 is 1. The molecule has 1 N–H and O–H groups in total. The molecule has 36 heavy (non-hydrogen) atoms. The molecule has 0 aromatic heterocycles. The summed E-state index contributed by atoms with van der Waals surface area (Å²) in [5, 5.41) is 3.61. The molecule has 1 aliphatic heterocycles. The Morgan fingerprint density at radius 1 is 0.917 bits per heavy atom. The fourth-order valence-corrected chi connectivity index (χ4v) is 5.24. The molecule has 0 fully saturated rings. The van der Waals surface area contributed by atoms with Crippen molar-refractivity contribution in [2.75, 3.05) is 12.0 Å². The second-order valence-electron chi connectivity index (χ2n) is 8.33. The topological polar surface area (TPSA) is 58.6 Å². The highest BCUT2D eigenvalue weighted by atomic mass is 35.5. The van der Waals surface area contributed by atoms with Crippen molar-refractivity contribution < 1.29 is 14.3 Å². The number of benzene rings is 4. The average molecular weight is 515 g/mol. The number of ether oxygens (including phenoxy) is 1. The zero-order chi connectivity index (χ0) is 25.1. The molecule has 4 aromatic rings. The van der Waals surface area contributed by atoms with Crippen LogP contribution in [-0.4, -0.2) is 18.9 Å². The summed E-state index contributed by atoms with van der Waals surface area (Å²) in [6.07, 6.45) is 0. The number of fused-ring (bicyclic) bond motifs is 2. The quantitative estimate of drug-likeness (QED) is 0.315. The van der Waals surface area contributed by atoms with Crippen LogP contribution in [0.25, 0.3) is 0 Å². The maximum atomic E-state index is 13.7.